The molecule has 1 heterocycles. The van der Waals surface area contributed by atoms with Crippen LogP contribution in [0.25, 0.3) is 0 Å². The molecule has 1 unspecified atom stereocenters. The summed E-state index contributed by atoms with van der Waals surface area (Å²) in [6.45, 7) is 0.673. The highest BCUT2D eigenvalue weighted by Crippen LogP contribution is 2.40. The standard InChI is InChI=1S/C18H14Cl2N2O2S/c19-13-3-6-15(16(20)9-13)17(10-22-8-7-21-11-22)25-14-4-1-12(2-5-14)18(23)24/h1-9,11,17H,10H2,(H,23,24). The fourth-order valence-corrected chi connectivity index (χ4v) is 4.19. The molecule has 0 bridgehead atoms. The zero-order valence-corrected chi connectivity index (χ0v) is 15.3. The quantitative estimate of drug-likeness (QED) is 0.568. The highest BCUT2D eigenvalue weighted by Gasteiger charge is 2.18. The van der Waals surface area contributed by atoms with Crippen LogP contribution < -0.4 is 0 Å². The lowest BCUT2D eigenvalue weighted by molar-refractivity contribution is 0.0697. The van der Waals surface area contributed by atoms with E-state index in [2.05, 4.69) is 4.98 Å². The third-order valence-electron chi connectivity index (χ3n) is 3.62. The van der Waals surface area contributed by atoms with E-state index >= 15 is 0 Å². The van der Waals surface area contributed by atoms with Crippen LogP contribution in [0.2, 0.25) is 10.0 Å². The molecular formula is C18H14Cl2N2O2S. The zero-order chi connectivity index (χ0) is 17.8. The van der Waals surface area contributed by atoms with Crippen LogP contribution >= 0.6 is 35.0 Å². The number of aromatic nitrogens is 2. The normalized spacial score (nSPS) is 12.1. The molecule has 0 fully saturated rings. The number of carboxylic acid groups (broad SMARTS) is 1. The fraction of sp³-hybridized carbons (Fsp3) is 0.111. The predicted octanol–water partition coefficient (Wildman–Crippen LogP) is 5.42. The molecule has 2 aromatic carbocycles. The van der Waals surface area contributed by atoms with Crippen molar-refractivity contribution in [2.45, 2.75) is 16.7 Å². The van der Waals surface area contributed by atoms with Crippen molar-refractivity contribution < 1.29 is 9.90 Å². The molecule has 1 N–H and O–H groups in total. The van der Waals surface area contributed by atoms with E-state index in [9.17, 15) is 4.79 Å². The van der Waals surface area contributed by atoms with Crippen LogP contribution in [0.5, 0.6) is 0 Å². The molecule has 4 nitrogen and oxygen atoms in total. The molecule has 0 aliphatic carbocycles. The average Bonchev–Trinajstić information content (AvgIpc) is 3.08. The van der Waals surface area contributed by atoms with E-state index in [-0.39, 0.29) is 10.8 Å². The first kappa shape index (κ1) is 17.9. The molecule has 0 radical (unpaired) electrons. The molecule has 1 atom stereocenters. The first-order chi connectivity index (χ1) is 12.0. The Morgan fingerprint density at radius 2 is 1.96 bits per heavy atom. The molecule has 7 heteroatoms. The summed E-state index contributed by atoms with van der Waals surface area (Å²) in [7, 11) is 0. The Morgan fingerprint density at radius 1 is 1.20 bits per heavy atom. The summed E-state index contributed by atoms with van der Waals surface area (Å²) >= 11 is 14.0. The maximum absolute atomic E-state index is 11.0. The van der Waals surface area contributed by atoms with Crippen molar-refractivity contribution in [1.29, 1.82) is 0 Å². The second-order valence-electron chi connectivity index (χ2n) is 5.36. The van der Waals surface area contributed by atoms with Crippen LogP contribution in [0, 0.1) is 0 Å². The van der Waals surface area contributed by atoms with Gasteiger partial charge < -0.3 is 9.67 Å². The van der Waals surface area contributed by atoms with E-state index < -0.39 is 5.97 Å². The minimum Gasteiger partial charge on any atom is -0.478 e. The molecule has 3 aromatic rings. The number of benzene rings is 2. The van der Waals surface area contributed by atoms with E-state index in [1.165, 1.54) is 0 Å². The lowest BCUT2D eigenvalue weighted by atomic mass is 10.1. The van der Waals surface area contributed by atoms with Crippen LogP contribution in [0.4, 0.5) is 0 Å². The van der Waals surface area contributed by atoms with Crippen LogP contribution in [0.15, 0.2) is 66.1 Å². The largest absolute Gasteiger partial charge is 0.478 e. The van der Waals surface area contributed by atoms with E-state index in [0.717, 1.165) is 10.5 Å². The van der Waals surface area contributed by atoms with Crippen LogP contribution in [-0.4, -0.2) is 20.6 Å². The molecule has 0 spiro atoms. The lowest BCUT2D eigenvalue weighted by Gasteiger charge is -2.19. The second-order valence-corrected chi connectivity index (χ2v) is 7.48. The van der Waals surface area contributed by atoms with Crippen molar-refractivity contribution >= 4 is 40.9 Å². The molecular weight excluding hydrogens is 379 g/mol. The number of thioether (sulfide) groups is 1. The first-order valence-corrected chi connectivity index (χ1v) is 9.07. The second kappa shape index (κ2) is 7.95. The van der Waals surface area contributed by atoms with Gasteiger partial charge in [-0.05, 0) is 42.0 Å². The molecule has 128 valence electrons. The fourth-order valence-electron chi connectivity index (χ4n) is 2.39. The molecule has 25 heavy (non-hydrogen) atoms. The first-order valence-electron chi connectivity index (χ1n) is 7.43. The molecule has 0 saturated carbocycles. The maximum atomic E-state index is 11.0. The highest BCUT2D eigenvalue weighted by molar-refractivity contribution is 7.99. The Balaban J connectivity index is 1.89. The van der Waals surface area contributed by atoms with E-state index in [1.54, 1.807) is 54.6 Å². The number of aromatic carboxylic acids is 1. The van der Waals surface area contributed by atoms with Gasteiger partial charge in [0.2, 0.25) is 0 Å². The molecule has 0 saturated heterocycles. The Labute approximate surface area is 159 Å². The third kappa shape index (κ3) is 4.57. The van der Waals surface area contributed by atoms with Gasteiger partial charge in [-0.3, -0.25) is 0 Å². The van der Waals surface area contributed by atoms with Crippen molar-refractivity contribution in [2.24, 2.45) is 0 Å². The SMILES string of the molecule is O=C(O)c1ccc(SC(Cn2ccnc2)c2ccc(Cl)cc2Cl)cc1. The summed E-state index contributed by atoms with van der Waals surface area (Å²) < 4.78 is 1.98. The van der Waals surface area contributed by atoms with Gasteiger partial charge in [0.15, 0.2) is 0 Å². The van der Waals surface area contributed by atoms with Crippen molar-refractivity contribution in [3.8, 4) is 0 Å². The number of hydrogen-bond acceptors (Lipinski definition) is 3. The lowest BCUT2D eigenvalue weighted by Crippen LogP contribution is -2.05. The van der Waals surface area contributed by atoms with Crippen molar-refractivity contribution in [2.75, 3.05) is 0 Å². The monoisotopic (exact) mass is 392 g/mol. The zero-order valence-electron chi connectivity index (χ0n) is 13.0. The van der Waals surface area contributed by atoms with Gasteiger partial charge in [0.1, 0.15) is 0 Å². The average molecular weight is 393 g/mol. The number of hydrogen-bond donors (Lipinski definition) is 1. The minimum atomic E-state index is -0.938. The number of carboxylic acids is 1. The van der Waals surface area contributed by atoms with E-state index in [4.69, 9.17) is 28.3 Å². The van der Waals surface area contributed by atoms with Gasteiger partial charge in [-0.15, -0.1) is 11.8 Å². The van der Waals surface area contributed by atoms with Gasteiger partial charge in [-0.25, -0.2) is 9.78 Å². The van der Waals surface area contributed by atoms with Gasteiger partial charge in [-0.2, -0.15) is 0 Å². The Hall–Kier alpha value is -1.95. The van der Waals surface area contributed by atoms with E-state index in [1.807, 2.05) is 22.9 Å². The minimum absolute atomic E-state index is 0.0228. The topological polar surface area (TPSA) is 55.1 Å². The summed E-state index contributed by atoms with van der Waals surface area (Å²) in [6.07, 6.45) is 5.38. The molecule has 1 aromatic heterocycles. The number of carbonyl (C=O) groups is 1. The molecule has 0 amide bonds. The van der Waals surface area contributed by atoms with Crippen LogP contribution in [-0.2, 0) is 6.54 Å². The Morgan fingerprint density at radius 3 is 2.56 bits per heavy atom. The van der Waals surface area contributed by atoms with Crippen molar-refractivity contribution in [1.82, 2.24) is 9.55 Å². The number of imidazole rings is 1. The summed E-state index contributed by atoms with van der Waals surface area (Å²) in [5.41, 5.74) is 1.23. The van der Waals surface area contributed by atoms with Gasteiger partial charge in [0.25, 0.3) is 0 Å². The summed E-state index contributed by atoms with van der Waals surface area (Å²) in [6, 6.07) is 12.3. The van der Waals surface area contributed by atoms with Crippen molar-refractivity contribution in [3.63, 3.8) is 0 Å². The number of rotatable bonds is 6. The molecule has 0 aliphatic rings. The number of nitrogens with zero attached hydrogens (tertiary/aromatic N) is 2. The third-order valence-corrected chi connectivity index (χ3v) is 5.42. The van der Waals surface area contributed by atoms with Crippen molar-refractivity contribution in [3.05, 3.63) is 82.4 Å². The smallest absolute Gasteiger partial charge is 0.335 e. The maximum Gasteiger partial charge on any atom is 0.335 e. The van der Waals surface area contributed by atoms with Gasteiger partial charge >= 0.3 is 5.97 Å². The highest BCUT2D eigenvalue weighted by atomic mass is 35.5. The predicted molar refractivity (Wildman–Crippen MR) is 101 cm³/mol. The summed E-state index contributed by atoms with van der Waals surface area (Å²) in [5.74, 6) is -0.938. The summed E-state index contributed by atoms with van der Waals surface area (Å²) in [5, 5.41) is 10.2. The molecule has 0 aliphatic heterocycles. The van der Waals surface area contributed by atoms with Gasteiger partial charge in [0.05, 0.1) is 17.1 Å². The van der Waals surface area contributed by atoms with Gasteiger partial charge in [0, 0.05) is 33.9 Å². The van der Waals surface area contributed by atoms with Crippen LogP contribution in [0.3, 0.4) is 0 Å². The van der Waals surface area contributed by atoms with Crippen LogP contribution in [0.1, 0.15) is 21.2 Å². The van der Waals surface area contributed by atoms with E-state index in [0.29, 0.717) is 16.6 Å². The Bertz CT molecular complexity index is 867. The van der Waals surface area contributed by atoms with Gasteiger partial charge in [-0.1, -0.05) is 29.3 Å². The number of halogens is 2. The molecule has 3 rings (SSSR count). The Kier molecular flexibility index (Phi) is 5.68. The summed E-state index contributed by atoms with van der Waals surface area (Å²) in [4.78, 5) is 16.0.